The van der Waals surface area contributed by atoms with Crippen LogP contribution in [-0.4, -0.2) is 39.9 Å². The molecular weight excluding hydrogens is 333 g/mol. The molecule has 26 heavy (non-hydrogen) atoms. The predicted octanol–water partition coefficient (Wildman–Crippen LogP) is 2.69. The van der Waals surface area contributed by atoms with E-state index in [9.17, 15) is 9.18 Å². The number of carbonyl (C=O) groups is 1. The first-order valence-electron chi connectivity index (χ1n) is 8.28. The van der Waals surface area contributed by atoms with Crippen LogP contribution >= 0.6 is 0 Å². The Balaban J connectivity index is 1.63. The van der Waals surface area contributed by atoms with E-state index in [1.807, 2.05) is 42.4 Å². The molecule has 132 valence electrons. The van der Waals surface area contributed by atoms with Gasteiger partial charge in [-0.1, -0.05) is 29.5 Å². The number of carbonyl (C=O) groups excluding carboxylic acids is 1. The Hall–Kier alpha value is -3.22. The highest BCUT2D eigenvalue weighted by molar-refractivity contribution is 6.01. The van der Waals surface area contributed by atoms with Crippen LogP contribution in [0.25, 0.3) is 0 Å². The molecule has 0 fully saturated rings. The summed E-state index contributed by atoms with van der Waals surface area (Å²) in [5.41, 5.74) is 3.15. The number of fused-ring (bicyclic) bond motifs is 1. The van der Waals surface area contributed by atoms with Crippen molar-refractivity contribution in [2.45, 2.75) is 12.7 Å². The largest absolute Gasteiger partial charge is 0.348 e. The monoisotopic (exact) mass is 351 g/mol. The Morgan fingerprint density at radius 1 is 1.04 bits per heavy atom. The number of halogens is 1. The van der Waals surface area contributed by atoms with Crippen molar-refractivity contribution in [3.63, 3.8) is 0 Å². The molecule has 0 radical (unpaired) electrons. The first kappa shape index (κ1) is 16.3. The molecule has 6 nitrogen and oxygen atoms in total. The molecule has 7 heteroatoms. The molecule has 1 atom stereocenters. The molecule has 0 unspecified atom stereocenters. The van der Waals surface area contributed by atoms with E-state index in [2.05, 4.69) is 10.3 Å². The van der Waals surface area contributed by atoms with Gasteiger partial charge >= 0.3 is 0 Å². The van der Waals surface area contributed by atoms with Gasteiger partial charge in [-0.05, 0) is 29.8 Å². The van der Waals surface area contributed by atoms with E-state index in [0.717, 1.165) is 11.3 Å². The van der Waals surface area contributed by atoms with Gasteiger partial charge in [0.15, 0.2) is 6.17 Å². The number of benzene rings is 2. The fourth-order valence-electron chi connectivity index (χ4n) is 3.34. The summed E-state index contributed by atoms with van der Waals surface area (Å²) in [4.78, 5) is 16.4. The number of nitrogens with zero attached hydrogens (tertiary/aromatic N) is 5. The zero-order valence-corrected chi connectivity index (χ0v) is 14.5. The van der Waals surface area contributed by atoms with Crippen LogP contribution in [0.4, 0.5) is 10.1 Å². The third-order valence-electron chi connectivity index (χ3n) is 4.65. The SMILES string of the molecule is CN1C(=O)c2ccccc2N(C)[C@H]1c1cn(Cc2ccc(F)cc2)nn1. The molecule has 3 aromatic rings. The van der Waals surface area contributed by atoms with Crippen molar-refractivity contribution < 1.29 is 9.18 Å². The summed E-state index contributed by atoms with van der Waals surface area (Å²) in [6.07, 6.45) is 1.49. The molecule has 1 aromatic heterocycles. The number of hydrogen-bond acceptors (Lipinski definition) is 4. The number of hydrogen-bond donors (Lipinski definition) is 0. The van der Waals surface area contributed by atoms with Gasteiger partial charge in [-0.3, -0.25) is 4.79 Å². The van der Waals surface area contributed by atoms with Crippen LogP contribution in [0.2, 0.25) is 0 Å². The molecule has 0 aliphatic carbocycles. The standard InChI is InChI=1S/C19H18FN5O/c1-23-17-6-4-3-5-15(17)19(26)24(2)18(23)16-12-25(22-21-16)11-13-7-9-14(20)10-8-13/h3-10,12,18H,11H2,1-2H3/t18-/m1/s1. The van der Waals surface area contributed by atoms with Crippen molar-refractivity contribution in [1.82, 2.24) is 19.9 Å². The molecule has 2 heterocycles. The van der Waals surface area contributed by atoms with E-state index in [-0.39, 0.29) is 17.9 Å². The molecule has 0 spiro atoms. The predicted molar refractivity (Wildman–Crippen MR) is 95.2 cm³/mol. The number of para-hydroxylation sites is 1. The third kappa shape index (κ3) is 2.71. The minimum absolute atomic E-state index is 0.0446. The highest BCUT2D eigenvalue weighted by atomic mass is 19.1. The summed E-state index contributed by atoms with van der Waals surface area (Å²) in [7, 11) is 3.70. The van der Waals surface area contributed by atoms with Crippen LogP contribution in [-0.2, 0) is 6.54 Å². The second-order valence-electron chi connectivity index (χ2n) is 6.39. The highest BCUT2D eigenvalue weighted by Gasteiger charge is 2.35. The molecule has 0 N–H and O–H groups in total. The minimum Gasteiger partial charge on any atom is -0.348 e. The maximum atomic E-state index is 13.0. The van der Waals surface area contributed by atoms with E-state index in [4.69, 9.17) is 0 Å². The highest BCUT2D eigenvalue weighted by Crippen LogP contribution is 2.35. The molecular formula is C19H18FN5O. The van der Waals surface area contributed by atoms with Crippen molar-refractivity contribution in [2.75, 3.05) is 19.0 Å². The lowest BCUT2D eigenvalue weighted by Crippen LogP contribution is -2.45. The molecule has 1 amide bonds. The molecule has 0 bridgehead atoms. The van der Waals surface area contributed by atoms with Crippen molar-refractivity contribution in [2.24, 2.45) is 0 Å². The van der Waals surface area contributed by atoms with Crippen LogP contribution in [0.1, 0.15) is 27.8 Å². The average molecular weight is 351 g/mol. The van der Waals surface area contributed by atoms with Crippen molar-refractivity contribution in [3.8, 4) is 0 Å². The van der Waals surface area contributed by atoms with Crippen molar-refractivity contribution in [1.29, 1.82) is 0 Å². The minimum atomic E-state index is -0.334. The van der Waals surface area contributed by atoms with Crippen LogP contribution in [0, 0.1) is 5.82 Å². The summed E-state index contributed by atoms with van der Waals surface area (Å²) in [6, 6.07) is 13.8. The summed E-state index contributed by atoms with van der Waals surface area (Å²) in [6.45, 7) is 0.484. The van der Waals surface area contributed by atoms with E-state index in [1.165, 1.54) is 12.1 Å². The topological polar surface area (TPSA) is 54.3 Å². The van der Waals surface area contributed by atoms with Crippen LogP contribution in [0.3, 0.4) is 0 Å². The van der Waals surface area contributed by atoms with Gasteiger partial charge in [-0.25, -0.2) is 9.07 Å². The fourth-order valence-corrected chi connectivity index (χ4v) is 3.34. The van der Waals surface area contributed by atoms with E-state index in [1.54, 1.807) is 28.8 Å². The van der Waals surface area contributed by atoms with Gasteiger partial charge in [-0.2, -0.15) is 0 Å². The Morgan fingerprint density at radius 3 is 2.54 bits per heavy atom. The smallest absolute Gasteiger partial charge is 0.257 e. The second-order valence-corrected chi connectivity index (χ2v) is 6.39. The summed E-state index contributed by atoms with van der Waals surface area (Å²) in [5.74, 6) is -0.313. The van der Waals surface area contributed by atoms with Gasteiger partial charge < -0.3 is 9.80 Å². The van der Waals surface area contributed by atoms with Gasteiger partial charge in [0, 0.05) is 14.1 Å². The Labute approximate surface area is 150 Å². The normalized spacial score (nSPS) is 16.7. The lowest BCUT2D eigenvalue weighted by atomic mass is 10.1. The number of aromatic nitrogens is 3. The lowest BCUT2D eigenvalue weighted by molar-refractivity contribution is 0.0707. The number of rotatable bonds is 3. The average Bonchev–Trinajstić information content (AvgIpc) is 3.10. The summed E-state index contributed by atoms with van der Waals surface area (Å²) in [5, 5.41) is 8.43. The van der Waals surface area contributed by atoms with Gasteiger partial charge in [0.05, 0.1) is 24.0 Å². The van der Waals surface area contributed by atoms with E-state index < -0.39 is 0 Å². The quantitative estimate of drug-likeness (QED) is 0.728. The maximum absolute atomic E-state index is 13.0. The number of amides is 1. The maximum Gasteiger partial charge on any atom is 0.257 e. The summed E-state index contributed by atoms with van der Waals surface area (Å²) >= 11 is 0. The first-order valence-corrected chi connectivity index (χ1v) is 8.28. The molecule has 0 saturated heterocycles. The first-order chi connectivity index (χ1) is 12.5. The van der Waals surface area contributed by atoms with Gasteiger partial charge in [0.1, 0.15) is 11.5 Å². The van der Waals surface area contributed by atoms with Gasteiger partial charge in [-0.15, -0.1) is 5.10 Å². The van der Waals surface area contributed by atoms with Crippen molar-refractivity contribution in [3.05, 3.63) is 77.4 Å². The van der Waals surface area contributed by atoms with E-state index in [0.29, 0.717) is 17.8 Å². The third-order valence-corrected chi connectivity index (χ3v) is 4.65. The Kier molecular flexibility index (Phi) is 3.91. The summed E-state index contributed by atoms with van der Waals surface area (Å²) < 4.78 is 14.7. The van der Waals surface area contributed by atoms with E-state index >= 15 is 0 Å². The molecule has 1 aliphatic heterocycles. The second kappa shape index (κ2) is 6.25. The zero-order valence-electron chi connectivity index (χ0n) is 14.5. The molecule has 0 saturated carbocycles. The van der Waals surface area contributed by atoms with Crippen LogP contribution < -0.4 is 4.90 Å². The van der Waals surface area contributed by atoms with Crippen LogP contribution in [0.5, 0.6) is 0 Å². The Morgan fingerprint density at radius 2 is 1.77 bits per heavy atom. The fraction of sp³-hybridized carbons (Fsp3) is 0.211. The van der Waals surface area contributed by atoms with Crippen LogP contribution in [0.15, 0.2) is 54.7 Å². The molecule has 2 aromatic carbocycles. The zero-order chi connectivity index (χ0) is 18.3. The van der Waals surface area contributed by atoms with Gasteiger partial charge in [0.25, 0.3) is 5.91 Å². The molecule has 4 rings (SSSR count). The van der Waals surface area contributed by atoms with Gasteiger partial charge in [0.2, 0.25) is 0 Å². The number of anilines is 1. The lowest BCUT2D eigenvalue weighted by Gasteiger charge is -2.40. The molecule has 1 aliphatic rings. The van der Waals surface area contributed by atoms with Crippen molar-refractivity contribution >= 4 is 11.6 Å². The Bertz CT molecular complexity index is 953.